The van der Waals surface area contributed by atoms with Crippen molar-refractivity contribution in [1.29, 1.82) is 0 Å². The van der Waals surface area contributed by atoms with Crippen molar-refractivity contribution in [2.75, 3.05) is 0 Å². The van der Waals surface area contributed by atoms with Crippen LogP contribution < -0.4 is 0 Å². The van der Waals surface area contributed by atoms with Crippen LogP contribution in [0.25, 0.3) is 0 Å². The standard InChI is InChI=1S/2ClH.HPS/c;;1-2/h2*1H;1H. The molecule has 0 nitrogen and oxygen atoms in total. The summed E-state index contributed by atoms with van der Waals surface area (Å²) in [5.41, 5.74) is 0. The molecule has 0 aromatic carbocycles. The van der Waals surface area contributed by atoms with Crippen LogP contribution in [0.15, 0.2) is 0 Å². The molecule has 0 aliphatic heterocycles. The van der Waals surface area contributed by atoms with Gasteiger partial charge in [0.1, 0.15) is 0 Å². The molecular weight excluding hydrogens is 134 g/mol. The van der Waals surface area contributed by atoms with Crippen LogP contribution in [0, 0.1) is 0 Å². The number of halogens is 2. The van der Waals surface area contributed by atoms with Gasteiger partial charge in [0.25, 0.3) is 0 Å². The first-order valence-corrected chi connectivity index (χ1v) is 1.84. The highest BCUT2D eigenvalue weighted by atomic mass is 35.5. The molecule has 0 heterocycles. The topological polar surface area (TPSA) is 0 Å². The lowest BCUT2D eigenvalue weighted by atomic mass is 30.6. The lowest BCUT2D eigenvalue weighted by Crippen LogP contribution is -0.399. The second-order valence-electron chi connectivity index (χ2n) is 0. The molecular formula is H3Cl2PS. The van der Waals surface area contributed by atoms with Crippen LogP contribution in [-0.4, -0.2) is 0 Å². The molecule has 0 aromatic heterocycles. The maximum Gasteiger partial charge on any atom is -0.0437 e. The maximum atomic E-state index is 3.89. The maximum absolute atomic E-state index is 3.89. The first-order chi connectivity index (χ1) is 1.00. The molecule has 28 valence electrons. The molecule has 0 rings (SSSR count). The van der Waals surface area contributed by atoms with E-state index in [1.165, 1.54) is 0 Å². The van der Waals surface area contributed by atoms with Crippen LogP contribution in [0.3, 0.4) is 0 Å². The van der Waals surface area contributed by atoms with Gasteiger partial charge in [-0.1, -0.05) is 11.8 Å². The summed E-state index contributed by atoms with van der Waals surface area (Å²) in [6, 6.07) is 0. The molecule has 0 unspecified atom stereocenters. The Balaban J connectivity index is -0.00000000500. The van der Waals surface area contributed by atoms with Crippen LogP contribution in [0.4, 0.5) is 0 Å². The average Bonchev–Trinajstić information content (AvgIpc) is 1.00. The van der Waals surface area contributed by atoms with Gasteiger partial charge < -0.3 is 0 Å². The highest BCUT2D eigenvalue weighted by Gasteiger charge is 0.655. The third kappa shape index (κ3) is 11.3. The van der Waals surface area contributed by atoms with E-state index in [-0.39, 0.29) is 24.8 Å². The molecule has 4 heavy (non-hydrogen) atoms. The predicted molar refractivity (Wildman–Crippen MR) is 30.2 cm³/mol. The van der Waals surface area contributed by atoms with E-state index in [1.807, 2.05) is 0 Å². The summed E-state index contributed by atoms with van der Waals surface area (Å²) in [6.45, 7) is 0. The van der Waals surface area contributed by atoms with Crippen LogP contribution in [0.2, 0.25) is 0 Å². The van der Waals surface area contributed by atoms with Crippen molar-refractivity contribution in [1.82, 2.24) is 0 Å². The van der Waals surface area contributed by atoms with E-state index in [1.54, 1.807) is 0 Å². The summed E-state index contributed by atoms with van der Waals surface area (Å²) in [5, 5.41) is 0. The van der Waals surface area contributed by atoms with Gasteiger partial charge in [0, 0.05) is 0 Å². The first kappa shape index (κ1) is 19.4. The minimum absolute atomic E-state index is 0. The van der Waals surface area contributed by atoms with Gasteiger partial charge in [-0.3, -0.25) is 0 Å². The number of hydrogen-bond acceptors (Lipinski definition) is 1. The van der Waals surface area contributed by atoms with Crippen molar-refractivity contribution in [2.45, 2.75) is 0 Å². The van der Waals surface area contributed by atoms with E-state index in [4.69, 9.17) is 0 Å². The average molecular weight is 137 g/mol. The summed E-state index contributed by atoms with van der Waals surface area (Å²) in [5.74, 6) is 0. The molecule has 0 saturated carbocycles. The zero-order valence-electron chi connectivity index (χ0n) is 1.72. The molecule has 0 fully saturated rings. The molecule has 4 heteroatoms. The minimum atomic E-state index is 0. The van der Waals surface area contributed by atoms with Gasteiger partial charge in [0.05, 0.1) is 0 Å². The van der Waals surface area contributed by atoms with Crippen LogP contribution in [0.5, 0.6) is 0 Å². The summed E-state index contributed by atoms with van der Waals surface area (Å²) in [4.78, 5) is 0. The van der Waals surface area contributed by atoms with Gasteiger partial charge in [-0.05, 0) is 8.02 Å². The second kappa shape index (κ2) is 32.6. The minimum Gasteiger partial charge on any atom is -0.147 e. The Hall–Kier alpha value is 1.10. The Morgan fingerprint density at radius 3 is 1.00 bits per heavy atom. The van der Waals surface area contributed by atoms with Crippen molar-refractivity contribution < 1.29 is 0 Å². The highest BCUT2D eigenvalue weighted by molar-refractivity contribution is 7.88. The molecule has 0 atom stereocenters. The fourth-order valence-electron chi connectivity index (χ4n) is 0. The van der Waals surface area contributed by atoms with E-state index in [9.17, 15) is 0 Å². The van der Waals surface area contributed by atoms with Gasteiger partial charge in [0.15, 0.2) is 0 Å². The van der Waals surface area contributed by atoms with E-state index >= 15 is 0 Å². The molecule has 0 radical (unpaired) electrons. The summed E-state index contributed by atoms with van der Waals surface area (Å²) in [6.07, 6.45) is 0. The van der Waals surface area contributed by atoms with Crippen LogP contribution in [0.1, 0.15) is 0 Å². The Bertz CT molecular complexity index is 6.00. The van der Waals surface area contributed by atoms with Crippen molar-refractivity contribution in [2.24, 2.45) is 0 Å². The summed E-state index contributed by atoms with van der Waals surface area (Å²) < 4.78 is 0. The van der Waals surface area contributed by atoms with E-state index in [0.29, 0.717) is 0 Å². The Morgan fingerprint density at radius 1 is 1.00 bits per heavy atom. The van der Waals surface area contributed by atoms with Gasteiger partial charge in [0.2, 0.25) is 0 Å². The third-order valence-electron chi connectivity index (χ3n) is 0. The third-order valence-corrected chi connectivity index (χ3v) is 0. The van der Waals surface area contributed by atoms with Crippen LogP contribution >= 0.6 is 32.8 Å². The van der Waals surface area contributed by atoms with Gasteiger partial charge in [-0.15, -0.1) is 24.8 Å². The van der Waals surface area contributed by atoms with Gasteiger partial charge >= 0.3 is 0 Å². The molecule has 0 N–H and O–H groups in total. The smallest absolute Gasteiger partial charge is 0.0437 e. The summed E-state index contributed by atoms with van der Waals surface area (Å²) >= 11 is 3.89. The Kier molecular flexibility index (Phi) is 158. The van der Waals surface area contributed by atoms with E-state index in [2.05, 4.69) is 19.8 Å². The lowest BCUT2D eigenvalue weighted by molar-refractivity contribution is 5.85. The molecule has 0 amide bonds. The monoisotopic (exact) mass is 136 g/mol. The molecule has 0 aliphatic carbocycles. The van der Waals surface area contributed by atoms with E-state index in [0.717, 1.165) is 0 Å². The second-order valence-corrected chi connectivity index (χ2v) is 0. The van der Waals surface area contributed by atoms with Crippen LogP contribution in [-0.2, 0) is 11.8 Å². The molecule has 0 saturated heterocycles. The molecule has 0 aliphatic rings. The zero-order valence-corrected chi connectivity index (χ0v) is 5.17. The van der Waals surface area contributed by atoms with Gasteiger partial charge in [-0.25, -0.2) is 0 Å². The number of hydrogen-bond donors (Lipinski definition) is 0. The largest absolute Gasteiger partial charge is 0.147 e. The normalized spacial score (nSPS) is 1.00. The fourth-order valence-corrected chi connectivity index (χ4v) is 0. The SMILES string of the molecule is Cl.Cl.P=S. The first-order valence-electron chi connectivity index (χ1n) is 0.204. The number of rotatable bonds is 0. The summed E-state index contributed by atoms with van der Waals surface area (Å²) in [7, 11) is 2.56. The van der Waals surface area contributed by atoms with Crippen molar-refractivity contribution in [3.05, 3.63) is 0 Å². The fraction of sp³-hybridized carbons (Fsp3) is 0. The van der Waals surface area contributed by atoms with Crippen molar-refractivity contribution >= 4 is 44.6 Å². The van der Waals surface area contributed by atoms with E-state index < -0.39 is 0 Å². The van der Waals surface area contributed by atoms with Crippen molar-refractivity contribution in [3.63, 3.8) is 0 Å². The zero-order chi connectivity index (χ0) is 2.00. The quantitative estimate of drug-likeness (QED) is 0.455. The van der Waals surface area contributed by atoms with Crippen molar-refractivity contribution in [3.8, 4) is 0 Å². The molecule has 0 spiro atoms. The Morgan fingerprint density at radius 2 is 1.00 bits per heavy atom. The van der Waals surface area contributed by atoms with Gasteiger partial charge in [-0.2, -0.15) is 0 Å². The lowest BCUT2D eigenvalue weighted by Gasteiger charge is -0.760. The predicted octanol–water partition coefficient (Wildman–Crippen LogP) is 1.43. The highest BCUT2D eigenvalue weighted by Crippen LogP contribution is 1.26. The molecule has 0 aromatic rings. The Labute approximate surface area is 45.0 Å². The molecule has 0 bridgehead atoms.